The highest BCUT2D eigenvalue weighted by atomic mass is 19.1. The lowest BCUT2D eigenvalue weighted by Crippen LogP contribution is -2.47. The number of nitrogens with one attached hydrogen (secondary N) is 1. The molecular formula is C23H24F2N4O2. The molecule has 0 saturated carbocycles. The number of aromatic nitrogens is 2. The van der Waals surface area contributed by atoms with Gasteiger partial charge in [0.2, 0.25) is 5.95 Å². The summed E-state index contributed by atoms with van der Waals surface area (Å²) in [6, 6.07) is 5.91. The molecule has 2 aromatic heterocycles. The third-order valence-electron chi connectivity index (χ3n) is 6.27. The van der Waals surface area contributed by atoms with Crippen LogP contribution in [0, 0.1) is 18.7 Å². The number of imidazole rings is 1. The van der Waals surface area contributed by atoms with Crippen LogP contribution in [-0.2, 0) is 4.74 Å². The highest BCUT2D eigenvalue weighted by molar-refractivity contribution is 6.03. The summed E-state index contributed by atoms with van der Waals surface area (Å²) in [5, 5.41) is 3.25. The third-order valence-corrected chi connectivity index (χ3v) is 6.27. The van der Waals surface area contributed by atoms with Gasteiger partial charge in [0.25, 0.3) is 5.91 Å². The number of aryl methyl sites for hydroxylation is 1. The van der Waals surface area contributed by atoms with Crippen LogP contribution in [0.15, 0.2) is 30.5 Å². The number of pyridine rings is 1. The quantitative estimate of drug-likeness (QED) is 0.699. The standard InChI is InChI=1S/C23H24F2N4O2/c1-13-12-31-6-5-28(13)23(30)20-8-17(24)3-4-18(20)19-7-15(16-9-26-10-16)11-29-14(2)27-22(25)21(19)29/h3-4,7-8,11,13,16,26H,5-6,9-10,12H2,1-2H3/t13-/m1/s1. The predicted octanol–water partition coefficient (Wildman–Crippen LogP) is 3.14. The Hall–Kier alpha value is -2.84. The Morgan fingerprint density at radius 3 is 2.74 bits per heavy atom. The van der Waals surface area contributed by atoms with Gasteiger partial charge in [-0.1, -0.05) is 6.07 Å². The van der Waals surface area contributed by atoms with Gasteiger partial charge in [-0.25, -0.2) is 9.37 Å². The van der Waals surface area contributed by atoms with Crippen LogP contribution < -0.4 is 5.32 Å². The van der Waals surface area contributed by atoms with Crippen LogP contribution in [0.5, 0.6) is 0 Å². The second-order valence-corrected chi connectivity index (χ2v) is 8.32. The van der Waals surface area contributed by atoms with Crippen molar-refractivity contribution in [3.8, 4) is 11.1 Å². The summed E-state index contributed by atoms with van der Waals surface area (Å²) >= 11 is 0. The van der Waals surface area contributed by atoms with E-state index in [2.05, 4.69) is 10.3 Å². The van der Waals surface area contributed by atoms with E-state index in [-0.39, 0.29) is 17.5 Å². The number of morpholine rings is 1. The average Bonchev–Trinajstić information content (AvgIpc) is 3.00. The number of rotatable bonds is 3. The lowest BCUT2D eigenvalue weighted by atomic mass is 9.90. The number of halogens is 2. The van der Waals surface area contributed by atoms with E-state index < -0.39 is 11.8 Å². The van der Waals surface area contributed by atoms with Crippen LogP contribution >= 0.6 is 0 Å². The Labute approximate surface area is 178 Å². The maximum atomic E-state index is 14.9. The molecule has 2 aliphatic rings. The average molecular weight is 426 g/mol. The lowest BCUT2D eigenvalue weighted by molar-refractivity contribution is 0.00361. The Morgan fingerprint density at radius 1 is 1.23 bits per heavy atom. The maximum Gasteiger partial charge on any atom is 0.254 e. The molecule has 6 nitrogen and oxygen atoms in total. The molecule has 2 aliphatic heterocycles. The SMILES string of the molecule is Cc1nc(F)c2c(-c3ccc(F)cc3C(=O)N3CCOC[C@H]3C)cc(C3CNC3)cn12. The molecule has 3 aromatic rings. The van der Waals surface area contributed by atoms with Gasteiger partial charge in [-0.05, 0) is 43.2 Å². The molecule has 0 radical (unpaired) electrons. The zero-order valence-corrected chi connectivity index (χ0v) is 17.5. The van der Waals surface area contributed by atoms with Crippen molar-refractivity contribution in [2.45, 2.75) is 25.8 Å². The molecule has 1 N–H and O–H groups in total. The Morgan fingerprint density at radius 2 is 2.03 bits per heavy atom. The largest absolute Gasteiger partial charge is 0.377 e. The molecule has 1 atom stereocenters. The number of ether oxygens (including phenoxy) is 1. The molecule has 0 bridgehead atoms. The topological polar surface area (TPSA) is 58.9 Å². The number of benzene rings is 1. The van der Waals surface area contributed by atoms with Crippen molar-refractivity contribution < 1.29 is 18.3 Å². The minimum absolute atomic E-state index is 0.126. The molecule has 0 spiro atoms. The molecule has 2 saturated heterocycles. The van der Waals surface area contributed by atoms with Crippen molar-refractivity contribution in [2.75, 3.05) is 32.8 Å². The van der Waals surface area contributed by atoms with Crippen LogP contribution in [0.1, 0.15) is 34.6 Å². The first kappa shape index (κ1) is 20.1. The number of hydrogen-bond acceptors (Lipinski definition) is 4. The molecule has 0 unspecified atom stereocenters. The molecule has 2 fully saturated rings. The fraction of sp³-hybridized carbons (Fsp3) is 0.391. The van der Waals surface area contributed by atoms with Gasteiger partial charge >= 0.3 is 0 Å². The third kappa shape index (κ3) is 3.40. The molecule has 0 aliphatic carbocycles. The summed E-state index contributed by atoms with van der Waals surface area (Å²) < 4.78 is 36.3. The fourth-order valence-corrected chi connectivity index (χ4v) is 4.40. The number of fused-ring (bicyclic) bond motifs is 1. The van der Waals surface area contributed by atoms with Crippen molar-refractivity contribution in [1.82, 2.24) is 19.6 Å². The zero-order valence-electron chi connectivity index (χ0n) is 17.5. The number of carbonyl (C=O) groups excluding carboxylic acids is 1. The first-order chi connectivity index (χ1) is 14.9. The molecule has 5 rings (SSSR count). The van der Waals surface area contributed by atoms with Gasteiger partial charge < -0.3 is 19.4 Å². The minimum atomic E-state index is -0.603. The van der Waals surface area contributed by atoms with Gasteiger partial charge in [-0.15, -0.1) is 0 Å². The molecular weight excluding hydrogens is 402 g/mol. The summed E-state index contributed by atoms with van der Waals surface area (Å²) in [5.74, 6) is -0.566. The van der Waals surface area contributed by atoms with E-state index in [1.54, 1.807) is 22.3 Å². The molecule has 8 heteroatoms. The van der Waals surface area contributed by atoms with Crippen LogP contribution in [0.4, 0.5) is 8.78 Å². The Kier molecular flexibility index (Phi) is 4.98. The number of amides is 1. The van der Waals surface area contributed by atoms with E-state index in [0.29, 0.717) is 48.1 Å². The van der Waals surface area contributed by atoms with Crippen LogP contribution in [0.2, 0.25) is 0 Å². The number of hydrogen-bond donors (Lipinski definition) is 1. The summed E-state index contributed by atoms with van der Waals surface area (Å²) in [4.78, 5) is 19.1. The van der Waals surface area contributed by atoms with E-state index in [4.69, 9.17) is 4.74 Å². The van der Waals surface area contributed by atoms with E-state index in [0.717, 1.165) is 18.7 Å². The second kappa shape index (κ2) is 7.69. The molecule has 1 amide bonds. The van der Waals surface area contributed by atoms with Gasteiger partial charge in [0.1, 0.15) is 17.2 Å². The summed E-state index contributed by atoms with van der Waals surface area (Å²) in [6.45, 7) is 6.61. The van der Waals surface area contributed by atoms with Crippen molar-refractivity contribution in [1.29, 1.82) is 0 Å². The van der Waals surface area contributed by atoms with Gasteiger partial charge in [0.05, 0.1) is 24.8 Å². The normalized spacial score (nSPS) is 19.6. The van der Waals surface area contributed by atoms with Gasteiger partial charge in [-0.3, -0.25) is 4.79 Å². The zero-order chi connectivity index (χ0) is 21.7. The van der Waals surface area contributed by atoms with E-state index >= 15 is 0 Å². The summed E-state index contributed by atoms with van der Waals surface area (Å²) in [7, 11) is 0. The second-order valence-electron chi connectivity index (χ2n) is 8.32. The maximum absolute atomic E-state index is 14.9. The summed E-state index contributed by atoms with van der Waals surface area (Å²) in [6.07, 6.45) is 1.91. The molecule has 4 heterocycles. The van der Waals surface area contributed by atoms with Gasteiger partial charge in [0, 0.05) is 37.3 Å². The van der Waals surface area contributed by atoms with Crippen molar-refractivity contribution in [2.24, 2.45) is 0 Å². The Balaban J connectivity index is 1.71. The van der Waals surface area contributed by atoms with Crippen LogP contribution in [0.3, 0.4) is 0 Å². The molecule has 162 valence electrons. The smallest absolute Gasteiger partial charge is 0.254 e. The van der Waals surface area contributed by atoms with Crippen molar-refractivity contribution in [3.05, 3.63) is 59.2 Å². The predicted molar refractivity (Wildman–Crippen MR) is 112 cm³/mol. The fourth-order valence-electron chi connectivity index (χ4n) is 4.40. The first-order valence-electron chi connectivity index (χ1n) is 10.5. The van der Waals surface area contributed by atoms with Gasteiger partial charge in [-0.2, -0.15) is 4.39 Å². The van der Waals surface area contributed by atoms with E-state index in [1.165, 1.54) is 12.1 Å². The van der Waals surface area contributed by atoms with Gasteiger partial charge in [0.15, 0.2) is 0 Å². The van der Waals surface area contributed by atoms with Crippen molar-refractivity contribution >= 4 is 11.4 Å². The molecule has 31 heavy (non-hydrogen) atoms. The monoisotopic (exact) mass is 426 g/mol. The van der Waals surface area contributed by atoms with E-state index in [9.17, 15) is 13.6 Å². The Bertz CT molecular complexity index is 1170. The van der Waals surface area contributed by atoms with Crippen LogP contribution in [0.25, 0.3) is 16.6 Å². The number of carbonyl (C=O) groups is 1. The summed E-state index contributed by atoms with van der Waals surface area (Å²) in [5.41, 5.74) is 2.60. The first-order valence-corrected chi connectivity index (χ1v) is 10.5. The lowest BCUT2D eigenvalue weighted by Gasteiger charge is -2.34. The highest BCUT2D eigenvalue weighted by Crippen LogP contribution is 2.35. The van der Waals surface area contributed by atoms with Crippen molar-refractivity contribution in [3.63, 3.8) is 0 Å². The minimum Gasteiger partial charge on any atom is -0.377 e. The van der Waals surface area contributed by atoms with Crippen LogP contribution in [-0.4, -0.2) is 59.1 Å². The highest BCUT2D eigenvalue weighted by Gasteiger charge is 2.29. The van der Waals surface area contributed by atoms with E-state index in [1.807, 2.05) is 19.2 Å². The molecule has 1 aromatic carbocycles. The number of nitrogens with zero attached hydrogens (tertiary/aromatic N) is 3.